The topological polar surface area (TPSA) is 35.6 Å². The molecule has 0 spiro atoms. The van der Waals surface area contributed by atoms with E-state index < -0.39 is 0 Å². The number of amides is 1. The van der Waals surface area contributed by atoms with E-state index in [9.17, 15) is 4.79 Å². The molecule has 2 rings (SSSR count). The number of likely N-dealkylation sites (tertiary alicyclic amines) is 2. The Morgan fingerprint density at radius 3 is 2.26 bits per heavy atom. The minimum Gasteiger partial charge on any atom is -0.303 e. The van der Waals surface area contributed by atoms with Crippen LogP contribution in [0.25, 0.3) is 0 Å². The van der Waals surface area contributed by atoms with Crippen LogP contribution in [0.1, 0.15) is 32.6 Å². The van der Waals surface area contributed by atoms with E-state index in [-0.39, 0.29) is 5.91 Å². The van der Waals surface area contributed by atoms with E-state index in [0.29, 0.717) is 6.54 Å². The molecule has 0 bridgehead atoms. The van der Waals surface area contributed by atoms with Crippen LogP contribution < -0.4 is 3.53 Å². The van der Waals surface area contributed by atoms with Crippen LogP contribution in [0.5, 0.6) is 0 Å². The van der Waals surface area contributed by atoms with Crippen LogP contribution in [-0.4, -0.2) is 55.0 Å². The Morgan fingerprint density at radius 2 is 1.68 bits per heavy atom. The van der Waals surface area contributed by atoms with Crippen LogP contribution in [0.4, 0.5) is 0 Å². The second kappa shape index (κ2) is 7.78. The fraction of sp³-hybridized carbons (Fsp3) is 0.929. The first-order valence-electron chi connectivity index (χ1n) is 7.51. The highest BCUT2D eigenvalue weighted by molar-refractivity contribution is 14.1. The molecule has 2 saturated heterocycles. The van der Waals surface area contributed by atoms with Crippen molar-refractivity contribution in [3.05, 3.63) is 0 Å². The first kappa shape index (κ1) is 15.5. The van der Waals surface area contributed by atoms with Gasteiger partial charge >= 0.3 is 0 Å². The lowest BCUT2D eigenvalue weighted by molar-refractivity contribution is -0.120. The van der Waals surface area contributed by atoms with Gasteiger partial charge < -0.3 is 4.90 Å². The molecule has 19 heavy (non-hydrogen) atoms. The van der Waals surface area contributed by atoms with Gasteiger partial charge in [0.05, 0.1) is 29.4 Å². The molecule has 0 radical (unpaired) electrons. The largest absolute Gasteiger partial charge is 0.303 e. The Hall–Kier alpha value is 0.120. The second-order valence-corrected chi connectivity index (χ2v) is 6.76. The predicted molar refractivity (Wildman–Crippen MR) is 86.2 cm³/mol. The van der Waals surface area contributed by atoms with Crippen LogP contribution in [0, 0.1) is 11.8 Å². The van der Waals surface area contributed by atoms with Crippen molar-refractivity contribution in [2.24, 2.45) is 11.8 Å². The van der Waals surface area contributed by atoms with Gasteiger partial charge in [-0.3, -0.25) is 13.2 Å². The number of carbonyl (C=O) groups is 1. The van der Waals surface area contributed by atoms with E-state index in [4.69, 9.17) is 0 Å². The summed E-state index contributed by atoms with van der Waals surface area (Å²) in [5, 5.41) is 0. The first-order valence-corrected chi connectivity index (χ1v) is 8.59. The van der Waals surface area contributed by atoms with E-state index >= 15 is 0 Å². The van der Waals surface area contributed by atoms with Crippen molar-refractivity contribution in [1.29, 1.82) is 0 Å². The molecular weight excluding hydrogens is 353 g/mol. The van der Waals surface area contributed by atoms with Gasteiger partial charge in [-0.15, -0.1) is 0 Å². The van der Waals surface area contributed by atoms with Crippen LogP contribution in [0.15, 0.2) is 0 Å². The third-order valence-corrected chi connectivity index (χ3v) is 5.17. The molecule has 2 heterocycles. The van der Waals surface area contributed by atoms with Gasteiger partial charge in [0.25, 0.3) is 0 Å². The summed E-state index contributed by atoms with van der Waals surface area (Å²) in [6.07, 6.45) is 5.24. The first-order chi connectivity index (χ1) is 9.17. The lowest BCUT2D eigenvalue weighted by Gasteiger charge is -2.36. The summed E-state index contributed by atoms with van der Waals surface area (Å²) in [6, 6.07) is 0. The van der Waals surface area contributed by atoms with E-state index in [0.717, 1.165) is 24.9 Å². The third-order valence-electron chi connectivity index (χ3n) is 4.57. The number of hydrogen-bond donors (Lipinski definition) is 1. The van der Waals surface area contributed by atoms with Crippen molar-refractivity contribution in [2.75, 3.05) is 39.3 Å². The molecule has 0 aromatic heterocycles. The maximum atomic E-state index is 11.3. The molecule has 1 N–H and O–H groups in total. The monoisotopic (exact) mass is 379 g/mol. The summed E-state index contributed by atoms with van der Waals surface area (Å²) in [6.45, 7) is 8.96. The SMILES string of the molecule is CC1CCN(CC2CCN(CC(=O)NI)CC2)CC1. The fourth-order valence-corrected chi connectivity index (χ4v) is 3.34. The lowest BCUT2D eigenvalue weighted by Crippen LogP contribution is -2.43. The Bertz CT molecular complexity index is 284. The van der Waals surface area contributed by atoms with Crippen molar-refractivity contribution in [3.63, 3.8) is 0 Å². The zero-order valence-corrected chi connectivity index (χ0v) is 14.1. The van der Waals surface area contributed by atoms with Crippen LogP contribution in [0.3, 0.4) is 0 Å². The summed E-state index contributed by atoms with van der Waals surface area (Å²) in [5.74, 6) is 1.89. The number of nitrogens with one attached hydrogen (secondary N) is 1. The van der Waals surface area contributed by atoms with Crippen LogP contribution in [-0.2, 0) is 4.79 Å². The van der Waals surface area contributed by atoms with Gasteiger partial charge in [-0.2, -0.15) is 0 Å². The van der Waals surface area contributed by atoms with Crippen LogP contribution in [0.2, 0.25) is 0 Å². The molecule has 2 aliphatic heterocycles. The fourth-order valence-electron chi connectivity index (χ4n) is 3.17. The van der Waals surface area contributed by atoms with Gasteiger partial charge in [-0.05, 0) is 63.7 Å². The number of carbonyl (C=O) groups excluding carboxylic acids is 1. The summed E-state index contributed by atoms with van der Waals surface area (Å²) < 4.78 is 2.67. The minimum atomic E-state index is 0.129. The highest BCUT2D eigenvalue weighted by Gasteiger charge is 2.24. The second-order valence-electron chi connectivity index (χ2n) is 6.22. The minimum absolute atomic E-state index is 0.129. The van der Waals surface area contributed by atoms with Crippen molar-refractivity contribution in [1.82, 2.24) is 13.3 Å². The predicted octanol–water partition coefficient (Wildman–Crippen LogP) is 1.90. The van der Waals surface area contributed by atoms with E-state index in [1.807, 2.05) is 22.9 Å². The van der Waals surface area contributed by atoms with Gasteiger partial charge in [-0.1, -0.05) is 6.92 Å². The average molecular weight is 379 g/mol. The molecule has 0 aromatic rings. The highest BCUT2D eigenvalue weighted by atomic mass is 127. The standard InChI is InChI=1S/C14H26IN3O/c1-12-2-6-17(7-3-12)10-13-4-8-18(9-5-13)11-14(19)16-15/h12-13H,2-11H2,1H3,(H,16,19). The third kappa shape index (κ3) is 5.19. The van der Waals surface area contributed by atoms with E-state index in [2.05, 4.69) is 20.3 Å². The zero-order chi connectivity index (χ0) is 13.7. The molecule has 0 aliphatic carbocycles. The molecule has 2 fully saturated rings. The van der Waals surface area contributed by atoms with E-state index in [1.54, 1.807) is 0 Å². The highest BCUT2D eigenvalue weighted by Crippen LogP contribution is 2.22. The number of rotatable bonds is 4. The molecule has 1 amide bonds. The summed E-state index contributed by atoms with van der Waals surface area (Å²) in [7, 11) is 0. The summed E-state index contributed by atoms with van der Waals surface area (Å²) >= 11 is 1.92. The molecule has 0 unspecified atom stereocenters. The molecule has 0 saturated carbocycles. The lowest BCUT2D eigenvalue weighted by atomic mass is 9.93. The van der Waals surface area contributed by atoms with Gasteiger partial charge in [0.2, 0.25) is 5.91 Å². The quantitative estimate of drug-likeness (QED) is 0.599. The summed E-state index contributed by atoms with van der Waals surface area (Å²) in [5.41, 5.74) is 0. The molecule has 2 aliphatic rings. The number of hydrogen-bond acceptors (Lipinski definition) is 3. The molecule has 0 atom stereocenters. The molecular formula is C14H26IN3O. The maximum Gasteiger partial charge on any atom is 0.242 e. The summed E-state index contributed by atoms with van der Waals surface area (Å²) in [4.78, 5) is 16.3. The smallest absolute Gasteiger partial charge is 0.242 e. The molecule has 4 nitrogen and oxygen atoms in total. The molecule has 110 valence electrons. The van der Waals surface area contributed by atoms with Gasteiger partial charge in [0.1, 0.15) is 0 Å². The Kier molecular flexibility index (Phi) is 6.35. The van der Waals surface area contributed by atoms with Crippen molar-refractivity contribution < 1.29 is 4.79 Å². The zero-order valence-electron chi connectivity index (χ0n) is 11.9. The van der Waals surface area contributed by atoms with Crippen molar-refractivity contribution in [3.8, 4) is 0 Å². The average Bonchev–Trinajstić information content (AvgIpc) is 2.43. The number of halogens is 1. The number of piperidine rings is 2. The Balaban J connectivity index is 1.64. The van der Waals surface area contributed by atoms with Gasteiger partial charge in [-0.25, -0.2) is 0 Å². The Morgan fingerprint density at radius 1 is 1.11 bits per heavy atom. The van der Waals surface area contributed by atoms with E-state index in [1.165, 1.54) is 45.3 Å². The molecule has 5 heteroatoms. The van der Waals surface area contributed by atoms with Gasteiger partial charge in [0, 0.05) is 6.54 Å². The van der Waals surface area contributed by atoms with Gasteiger partial charge in [0.15, 0.2) is 0 Å². The van der Waals surface area contributed by atoms with Crippen molar-refractivity contribution >= 4 is 28.8 Å². The van der Waals surface area contributed by atoms with Crippen LogP contribution >= 0.6 is 22.9 Å². The number of nitrogens with zero attached hydrogens (tertiary/aromatic N) is 2. The molecule has 0 aromatic carbocycles. The maximum absolute atomic E-state index is 11.3. The normalized spacial score (nSPS) is 24.5. The van der Waals surface area contributed by atoms with Crippen molar-refractivity contribution in [2.45, 2.75) is 32.6 Å². The Labute approximate surface area is 130 Å².